The van der Waals surface area contributed by atoms with Gasteiger partial charge in [-0.3, -0.25) is 9.78 Å². The molecule has 34 heavy (non-hydrogen) atoms. The molecular formula is C25H33N5O3S. The van der Waals surface area contributed by atoms with Gasteiger partial charge in [-0.25, -0.2) is 13.4 Å². The molecule has 0 spiro atoms. The summed E-state index contributed by atoms with van der Waals surface area (Å²) in [6.45, 7) is 7.82. The smallest absolute Gasteiger partial charge is 0.243 e. The van der Waals surface area contributed by atoms with Gasteiger partial charge in [-0.2, -0.15) is 4.31 Å². The minimum atomic E-state index is -3.55. The number of imidazole rings is 1. The second-order valence-electron chi connectivity index (χ2n) is 8.63. The Morgan fingerprint density at radius 1 is 1.15 bits per heavy atom. The summed E-state index contributed by atoms with van der Waals surface area (Å²) >= 11 is 0. The fourth-order valence-corrected chi connectivity index (χ4v) is 5.91. The van der Waals surface area contributed by atoms with Gasteiger partial charge in [0.15, 0.2) is 0 Å². The van der Waals surface area contributed by atoms with E-state index >= 15 is 0 Å². The van der Waals surface area contributed by atoms with Gasteiger partial charge in [0.05, 0.1) is 15.9 Å². The minimum Gasteiger partial charge on any atom is -0.335 e. The van der Waals surface area contributed by atoms with E-state index in [0.717, 1.165) is 29.7 Å². The lowest BCUT2D eigenvalue weighted by Crippen LogP contribution is -2.33. The molecule has 1 saturated carbocycles. The number of amides is 1. The summed E-state index contributed by atoms with van der Waals surface area (Å²) in [5, 5.41) is 0. The molecule has 0 saturated heterocycles. The topological polar surface area (TPSA) is 88.4 Å². The van der Waals surface area contributed by atoms with Crippen molar-refractivity contribution in [2.45, 2.75) is 70.5 Å². The molecule has 1 aliphatic rings. The molecule has 1 fully saturated rings. The second-order valence-corrected chi connectivity index (χ2v) is 10.6. The van der Waals surface area contributed by atoms with Crippen LogP contribution < -0.4 is 0 Å². The molecule has 8 nitrogen and oxygen atoms in total. The highest BCUT2D eigenvalue weighted by Gasteiger charge is 2.32. The van der Waals surface area contributed by atoms with Gasteiger partial charge in [0, 0.05) is 57.5 Å². The van der Waals surface area contributed by atoms with Crippen molar-refractivity contribution in [3.05, 3.63) is 54.1 Å². The zero-order chi connectivity index (χ0) is 24.3. The van der Waals surface area contributed by atoms with Crippen LogP contribution in [0.25, 0.3) is 11.0 Å². The monoisotopic (exact) mass is 483 g/mol. The first kappa shape index (κ1) is 24.3. The number of benzene rings is 1. The van der Waals surface area contributed by atoms with Crippen molar-refractivity contribution in [3.63, 3.8) is 0 Å². The Bertz CT molecular complexity index is 1250. The lowest BCUT2D eigenvalue weighted by molar-refractivity contribution is -0.132. The molecule has 0 bridgehead atoms. The first-order chi connectivity index (χ1) is 16.4. The fourth-order valence-electron chi connectivity index (χ4n) is 4.43. The molecule has 2 aromatic heterocycles. The number of pyridine rings is 1. The standard InChI is InChI=1S/C25H33N5O3S/c1-4-28(5-2)34(32,33)21-11-12-23-22(16-21)27-24(29(23)6-3)13-14-25(31)30(20-9-10-20)18-19-8-7-15-26-17-19/h7-8,11-12,15-17,20H,4-6,9-10,13-14,18H2,1-3H3. The second kappa shape index (κ2) is 10.2. The molecule has 1 aliphatic carbocycles. The highest BCUT2D eigenvalue weighted by Crippen LogP contribution is 2.29. The molecule has 0 unspecified atom stereocenters. The van der Waals surface area contributed by atoms with E-state index in [1.165, 1.54) is 4.31 Å². The van der Waals surface area contributed by atoms with E-state index in [2.05, 4.69) is 9.55 Å². The van der Waals surface area contributed by atoms with E-state index in [1.807, 2.05) is 50.1 Å². The van der Waals surface area contributed by atoms with Crippen LogP contribution in [0, 0.1) is 0 Å². The van der Waals surface area contributed by atoms with Crippen LogP contribution in [0.2, 0.25) is 0 Å². The van der Waals surface area contributed by atoms with Gasteiger partial charge in [-0.15, -0.1) is 0 Å². The number of aryl methyl sites for hydroxylation is 2. The molecule has 1 amide bonds. The van der Waals surface area contributed by atoms with E-state index in [9.17, 15) is 13.2 Å². The maximum absolute atomic E-state index is 13.1. The van der Waals surface area contributed by atoms with Crippen LogP contribution in [0.1, 0.15) is 51.4 Å². The number of fused-ring (bicyclic) bond motifs is 1. The van der Waals surface area contributed by atoms with Crippen LogP contribution in [-0.2, 0) is 34.3 Å². The Hall–Kier alpha value is -2.78. The number of carbonyl (C=O) groups is 1. The Morgan fingerprint density at radius 3 is 2.53 bits per heavy atom. The molecular weight excluding hydrogens is 450 g/mol. The third kappa shape index (κ3) is 5.00. The predicted molar refractivity (Wildman–Crippen MR) is 132 cm³/mol. The molecule has 0 aliphatic heterocycles. The molecule has 4 rings (SSSR count). The number of hydrogen-bond acceptors (Lipinski definition) is 5. The summed E-state index contributed by atoms with van der Waals surface area (Å²) in [4.78, 5) is 24.3. The first-order valence-electron chi connectivity index (χ1n) is 12.1. The highest BCUT2D eigenvalue weighted by molar-refractivity contribution is 7.89. The predicted octanol–water partition coefficient (Wildman–Crippen LogP) is 3.61. The van der Waals surface area contributed by atoms with E-state index in [4.69, 9.17) is 4.98 Å². The van der Waals surface area contributed by atoms with Crippen LogP contribution in [0.5, 0.6) is 0 Å². The quantitative estimate of drug-likeness (QED) is 0.416. The van der Waals surface area contributed by atoms with Gasteiger partial charge in [0.1, 0.15) is 5.82 Å². The van der Waals surface area contributed by atoms with Crippen molar-refractivity contribution in [1.82, 2.24) is 23.7 Å². The number of aromatic nitrogens is 3. The Labute approximate surface area is 201 Å². The number of carbonyl (C=O) groups excluding carboxylic acids is 1. The van der Waals surface area contributed by atoms with Gasteiger partial charge in [0.2, 0.25) is 15.9 Å². The molecule has 0 radical (unpaired) electrons. The maximum atomic E-state index is 13.1. The molecule has 0 atom stereocenters. The summed E-state index contributed by atoms with van der Waals surface area (Å²) in [5.41, 5.74) is 2.57. The number of nitrogens with zero attached hydrogens (tertiary/aromatic N) is 5. The SMILES string of the molecule is CCN(CC)S(=O)(=O)c1ccc2c(c1)nc(CCC(=O)N(Cc1cccnc1)C1CC1)n2CC. The molecule has 3 aromatic rings. The highest BCUT2D eigenvalue weighted by atomic mass is 32.2. The third-order valence-corrected chi connectivity index (χ3v) is 8.45. The van der Waals surface area contributed by atoms with Gasteiger partial charge in [-0.05, 0) is 49.6 Å². The first-order valence-corrected chi connectivity index (χ1v) is 13.5. The number of sulfonamides is 1. The normalized spacial score (nSPS) is 14.1. The molecule has 2 heterocycles. The van der Waals surface area contributed by atoms with Crippen LogP contribution in [0.15, 0.2) is 47.6 Å². The van der Waals surface area contributed by atoms with Crippen LogP contribution in [-0.4, -0.2) is 57.2 Å². The molecule has 0 N–H and O–H groups in total. The molecule has 9 heteroatoms. The van der Waals surface area contributed by atoms with Crippen LogP contribution in [0.4, 0.5) is 0 Å². The lowest BCUT2D eigenvalue weighted by atomic mass is 10.2. The van der Waals surface area contributed by atoms with Gasteiger partial charge in [0.25, 0.3) is 0 Å². The van der Waals surface area contributed by atoms with Crippen molar-refractivity contribution in [3.8, 4) is 0 Å². The van der Waals surface area contributed by atoms with Crippen LogP contribution in [0.3, 0.4) is 0 Å². The zero-order valence-electron chi connectivity index (χ0n) is 20.1. The van der Waals surface area contributed by atoms with Crippen molar-refractivity contribution in [2.24, 2.45) is 0 Å². The van der Waals surface area contributed by atoms with Gasteiger partial charge >= 0.3 is 0 Å². The van der Waals surface area contributed by atoms with Gasteiger partial charge in [-0.1, -0.05) is 19.9 Å². The van der Waals surface area contributed by atoms with E-state index in [-0.39, 0.29) is 10.8 Å². The summed E-state index contributed by atoms with van der Waals surface area (Å²) in [5.74, 6) is 0.922. The number of hydrogen-bond donors (Lipinski definition) is 0. The summed E-state index contributed by atoms with van der Waals surface area (Å²) in [7, 11) is -3.55. The fraction of sp³-hybridized carbons (Fsp3) is 0.480. The van der Waals surface area contributed by atoms with Gasteiger partial charge < -0.3 is 9.47 Å². The van der Waals surface area contributed by atoms with E-state index < -0.39 is 10.0 Å². The van der Waals surface area contributed by atoms with E-state index in [1.54, 1.807) is 18.3 Å². The van der Waals surface area contributed by atoms with Crippen molar-refractivity contribution < 1.29 is 13.2 Å². The Morgan fingerprint density at radius 2 is 1.91 bits per heavy atom. The van der Waals surface area contributed by atoms with Crippen LogP contribution >= 0.6 is 0 Å². The number of rotatable bonds is 11. The van der Waals surface area contributed by atoms with Crippen molar-refractivity contribution in [1.29, 1.82) is 0 Å². The Balaban J connectivity index is 1.54. The largest absolute Gasteiger partial charge is 0.335 e. The van der Waals surface area contributed by atoms with Crippen molar-refractivity contribution in [2.75, 3.05) is 13.1 Å². The Kier molecular flexibility index (Phi) is 7.33. The summed E-state index contributed by atoms with van der Waals surface area (Å²) in [6.07, 6.45) is 6.51. The average molecular weight is 484 g/mol. The lowest BCUT2D eigenvalue weighted by Gasteiger charge is -2.22. The summed E-state index contributed by atoms with van der Waals surface area (Å²) in [6, 6.07) is 9.33. The minimum absolute atomic E-state index is 0.117. The maximum Gasteiger partial charge on any atom is 0.243 e. The zero-order valence-corrected chi connectivity index (χ0v) is 21.0. The average Bonchev–Trinajstić information content (AvgIpc) is 3.62. The van der Waals surface area contributed by atoms with Crippen molar-refractivity contribution >= 4 is 27.0 Å². The molecule has 182 valence electrons. The summed E-state index contributed by atoms with van der Waals surface area (Å²) < 4.78 is 29.4. The van der Waals surface area contributed by atoms with E-state index in [0.29, 0.717) is 50.6 Å². The molecule has 1 aromatic carbocycles. The third-order valence-electron chi connectivity index (χ3n) is 6.40.